The average Bonchev–Trinajstić information content (AvgIpc) is 3.15. The van der Waals surface area contributed by atoms with Crippen LogP contribution in [0.25, 0.3) is 10.1 Å². The van der Waals surface area contributed by atoms with Crippen LogP contribution in [0.15, 0.2) is 60.1 Å². The van der Waals surface area contributed by atoms with Crippen molar-refractivity contribution < 1.29 is 14.2 Å². The topological polar surface area (TPSA) is 40.6 Å². The van der Waals surface area contributed by atoms with E-state index in [9.17, 15) is 0 Å². The first-order chi connectivity index (χ1) is 14.1. The lowest BCUT2D eigenvalue weighted by Crippen LogP contribution is -1.99. The predicted octanol–water partition coefficient (Wildman–Crippen LogP) is 6.42. The fourth-order valence-corrected chi connectivity index (χ4v) is 4.35. The van der Waals surface area contributed by atoms with Crippen molar-refractivity contribution >= 4 is 33.0 Å². The van der Waals surface area contributed by atoms with E-state index in [4.69, 9.17) is 25.8 Å². The van der Waals surface area contributed by atoms with E-state index in [-0.39, 0.29) is 0 Å². The first-order valence-electron chi connectivity index (χ1n) is 9.13. The van der Waals surface area contributed by atoms with Gasteiger partial charge in [0.05, 0.1) is 7.11 Å². The standard InChI is InChI=1S/C23H20ClNO3S/c1-15-8-19(27-12-16-4-3-5-18(10-16)26-2)11-20(9-15)28-13-17-14-29-21-6-7-25-23(24)22(17)21/h3-11,14H,12-13H2,1-2H3. The molecule has 0 fully saturated rings. The molecule has 0 bridgehead atoms. The Bertz CT molecular complexity index is 1140. The van der Waals surface area contributed by atoms with Crippen LogP contribution in [-0.2, 0) is 13.2 Å². The lowest BCUT2D eigenvalue weighted by atomic mass is 10.2. The van der Waals surface area contributed by atoms with Crippen LogP contribution < -0.4 is 14.2 Å². The molecule has 0 spiro atoms. The summed E-state index contributed by atoms with van der Waals surface area (Å²) in [6.45, 7) is 2.90. The van der Waals surface area contributed by atoms with Crippen LogP contribution >= 0.6 is 22.9 Å². The van der Waals surface area contributed by atoms with Crippen LogP contribution in [0.5, 0.6) is 17.2 Å². The van der Waals surface area contributed by atoms with Crippen molar-refractivity contribution in [3.8, 4) is 17.2 Å². The highest BCUT2D eigenvalue weighted by Gasteiger charge is 2.10. The van der Waals surface area contributed by atoms with Crippen molar-refractivity contribution in [3.63, 3.8) is 0 Å². The van der Waals surface area contributed by atoms with Gasteiger partial charge in [-0.15, -0.1) is 11.3 Å². The normalized spacial score (nSPS) is 10.9. The van der Waals surface area contributed by atoms with E-state index in [0.29, 0.717) is 18.4 Å². The molecule has 2 aromatic heterocycles. The highest BCUT2D eigenvalue weighted by molar-refractivity contribution is 7.17. The molecule has 6 heteroatoms. The summed E-state index contributed by atoms with van der Waals surface area (Å²) in [5.74, 6) is 2.33. The number of methoxy groups -OCH3 is 1. The van der Waals surface area contributed by atoms with E-state index in [0.717, 1.165) is 44.0 Å². The Morgan fingerprint density at radius 2 is 1.76 bits per heavy atom. The molecule has 0 N–H and O–H groups in total. The van der Waals surface area contributed by atoms with Crippen LogP contribution in [0.4, 0.5) is 0 Å². The Balaban J connectivity index is 1.46. The van der Waals surface area contributed by atoms with E-state index in [1.54, 1.807) is 24.6 Å². The van der Waals surface area contributed by atoms with Gasteiger partial charge in [-0.2, -0.15) is 0 Å². The van der Waals surface area contributed by atoms with Crippen LogP contribution in [0.1, 0.15) is 16.7 Å². The number of thiophene rings is 1. The molecule has 0 aliphatic heterocycles. The third-order valence-corrected chi connectivity index (χ3v) is 5.76. The zero-order valence-electron chi connectivity index (χ0n) is 16.1. The summed E-state index contributed by atoms with van der Waals surface area (Å²) < 4.78 is 18.4. The van der Waals surface area contributed by atoms with Gasteiger partial charge in [0.15, 0.2) is 0 Å². The summed E-state index contributed by atoms with van der Waals surface area (Å²) in [7, 11) is 1.66. The number of nitrogens with zero attached hydrogens (tertiary/aromatic N) is 1. The summed E-state index contributed by atoms with van der Waals surface area (Å²) in [5.41, 5.74) is 3.14. The van der Waals surface area contributed by atoms with Gasteiger partial charge in [0, 0.05) is 27.9 Å². The van der Waals surface area contributed by atoms with Gasteiger partial charge in [-0.1, -0.05) is 23.7 Å². The number of hydrogen-bond acceptors (Lipinski definition) is 5. The highest BCUT2D eigenvalue weighted by atomic mass is 35.5. The van der Waals surface area contributed by atoms with Crippen LogP contribution in [0.2, 0.25) is 5.15 Å². The number of aryl methyl sites for hydroxylation is 1. The van der Waals surface area contributed by atoms with Gasteiger partial charge in [0.2, 0.25) is 0 Å². The largest absolute Gasteiger partial charge is 0.497 e. The summed E-state index contributed by atoms with van der Waals surface area (Å²) in [6, 6.07) is 15.7. The number of fused-ring (bicyclic) bond motifs is 1. The number of aromatic nitrogens is 1. The quantitative estimate of drug-likeness (QED) is 0.320. The van der Waals surface area contributed by atoms with Gasteiger partial charge < -0.3 is 14.2 Å². The smallest absolute Gasteiger partial charge is 0.138 e. The summed E-state index contributed by atoms with van der Waals surface area (Å²) >= 11 is 7.91. The van der Waals surface area contributed by atoms with E-state index in [2.05, 4.69) is 10.4 Å². The van der Waals surface area contributed by atoms with E-state index >= 15 is 0 Å². The van der Waals surface area contributed by atoms with E-state index in [1.165, 1.54) is 0 Å². The van der Waals surface area contributed by atoms with Gasteiger partial charge in [-0.3, -0.25) is 0 Å². The number of pyridine rings is 1. The second-order valence-electron chi connectivity index (χ2n) is 6.65. The van der Waals surface area contributed by atoms with Crippen molar-refractivity contribution in [2.45, 2.75) is 20.1 Å². The molecule has 148 valence electrons. The second-order valence-corrected chi connectivity index (χ2v) is 7.92. The maximum absolute atomic E-state index is 6.27. The Morgan fingerprint density at radius 1 is 0.966 bits per heavy atom. The summed E-state index contributed by atoms with van der Waals surface area (Å²) in [4.78, 5) is 4.18. The fraction of sp³-hybridized carbons (Fsp3) is 0.174. The van der Waals surface area contributed by atoms with Crippen molar-refractivity contribution in [1.82, 2.24) is 4.98 Å². The Kier molecular flexibility index (Phi) is 5.88. The van der Waals surface area contributed by atoms with Gasteiger partial charge in [-0.25, -0.2) is 4.98 Å². The number of benzene rings is 2. The highest BCUT2D eigenvalue weighted by Crippen LogP contribution is 2.32. The van der Waals surface area contributed by atoms with Gasteiger partial charge >= 0.3 is 0 Å². The molecule has 0 unspecified atom stereocenters. The van der Waals surface area contributed by atoms with E-state index in [1.807, 2.05) is 55.5 Å². The van der Waals surface area contributed by atoms with Gasteiger partial charge in [0.25, 0.3) is 0 Å². The molecule has 2 aromatic carbocycles. The molecule has 2 heterocycles. The van der Waals surface area contributed by atoms with Crippen LogP contribution in [0.3, 0.4) is 0 Å². The lowest BCUT2D eigenvalue weighted by molar-refractivity contribution is 0.290. The molecule has 29 heavy (non-hydrogen) atoms. The molecule has 0 saturated heterocycles. The zero-order chi connectivity index (χ0) is 20.2. The van der Waals surface area contributed by atoms with Crippen molar-refractivity contribution in [1.29, 1.82) is 0 Å². The minimum absolute atomic E-state index is 0.421. The van der Waals surface area contributed by atoms with Crippen molar-refractivity contribution in [2.75, 3.05) is 7.11 Å². The minimum atomic E-state index is 0.421. The number of rotatable bonds is 7. The van der Waals surface area contributed by atoms with Gasteiger partial charge in [-0.05, 0) is 53.8 Å². The molecule has 0 aliphatic carbocycles. The fourth-order valence-electron chi connectivity index (χ4n) is 3.08. The van der Waals surface area contributed by atoms with Crippen LogP contribution in [-0.4, -0.2) is 12.1 Å². The molecule has 0 atom stereocenters. The molecular weight excluding hydrogens is 406 g/mol. The third-order valence-electron chi connectivity index (χ3n) is 4.47. The Labute approximate surface area is 178 Å². The lowest BCUT2D eigenvalue weighted by Gasteiger charge is -2.12. The van der Waals surface area contributed by atoms with Crippen molar-refractivity contribution in [2.24, 2.45) is 0 Å². The first kappa shape index (κ1) is 19.6. The molecule has 0 aliphatic rings. The summed E-state index contributed by atoms with van der Waals surface area (Å²) in [5, 5.41) is 3.53. The molecule has 4 nitrogen and oxygen atoms in total. The molecule has 0 radical (unpaired) electrons. The third kappa shape index (κ3) is 4.63. The van der Waals surface area contributed by atoms with Gasteiger partial charge in [0.1, 0.15) is 35.6 Å². The van der Waals surface area contributed by atoms with Crippen molar-refractivity contribution in [3.05, 3.63) is 82.0 Å². The molecule has 4 rings (SSSR count). The maximum Gasteiger partial charge on any atom is 0.138 e. The second kappa shape index (κ2) is 8.72. The summed E-state index contributed by atoms with van der Waals surface area (Å²) in [6.07, 6.45) is 1.72. The number of hydrogen-bond donors (Lipinski definition) is 0. The Morgan fingerprint density at radius 3 is 2.55 bits per heavy atom. The van der Waals surface area contributed by atoms with E-state index < -0.39 is 0 Å². The SMILES string of the molecule is COc1cccc(COc2cc(C)cc(OCc3csc4ccnc(Cl)c34)c2)c1. The average molecular weight is 426 g/mol. The first-order valence-corrected chi connectivity index (χ1v) is 10.4. The Hall–Kier alpha value is -2.76. The maximum atomic E-state index is 6.27. The monoisotopic (exact) mass is 425 g/mol. The zero-order valence-corrected chi connectivity index (χ0v) is 17.7. The molecule has 0 saturated carbocycles. The molecular formula is C23H20ClNO3S. The predicted molar refractivity (Wildman–Crippen MR) is 117 cm³/mol. The number of halogens is 1. The molecule has 0 amide bonds. The molecule has 4 aromatic rings. The number of ether oxygens (including phenoxy) is 3. The van der Waals surface area contributed by atoms with Crippen LogP contribution in [0, 0.1) is 6.92 Å². The minimum Gasteiger partial charge on any atom is -0.497 e.